The number of hydrogen-bond acceptors (Lipinski definition) is 4. The molecule has 1 aliphatic heterocycles. The highest BCUT2D eigenvalue weighted by atomic mass is 35.5. The highest BCUT2D eigenvalue weighted by molar-refractivity contribution is 6.32. The fraction of sp³-hybridized carbons (Fsp3) is 0.238. The normalized spacial score (nSPS) is 15.3. The first-order valence-electron chi connectivity index (χ1n) is 9.08. The van der Waals surface area contributed by atoms with E-state index in [4.69, 9.17) is 21.1 Å². The molecule has 2 N–H and O–H groups in total. The molecule has 2 aliphatic rings. The summed E-state index contributed by atoms with van der Waals surface area (Å²) in [6.07, 6.45) is 5.02. The second kappa shape index (κ2) is 7.94. The summed E-state index contributed by atoms with van der Waals surface area (Å²) in [6.45, 7) is 0.911. The van der Waals surface area contributed by atoms with Crippen molar-refractivity contribution in [3.05, 3.63) is 58.6 Å². The van der Waals surface area contributed by atoms with Crippen LogP contribution >= 0.6 is 11.6 Å². The SMILES string of the molecule is O=C(/C=C/c1cc(Cl)c2c(c1)OCCO2)Nc1ccccc1C(=O)NC1CC1. The van der Waals surface area contributed by atoms with Crippen LogP contribution in [-0.2, 0) is 4.79 Å². The predicted molar refractivity (Wildman–Crippen MR) is 107 cm³/mol. The molecule has 1 fully saturated rings. The Balaban J connectivity index is 1.46. The third-order valence-corrected chi connectivity index (χ3v) is 4.67. The van der Waals surface area contributed by atoms with Crippen molar-refractivity contribution in [2.24, 2.45) is 0 Å². The Morgan fingerprint density at radius 1 is 1.11 bits per heavy atom. The maximum absolute atomic E-state index is 12.4. The first-order chi connectivity index (χ1) is 13.6. The molecule has 0 spiro atoms. The minimum atomic E-state index is -0.349. The van der Waals surface area contributed by atoms with Crippen LogP contribution < -0.4 is 20.1 Å². The maximum Gasteiger partial charge on any atom is 0.253 e. The van der Waals surface area contributed by atoms with Crippen molar-refractivity contribution in [1.29, 1.82) is 0 Å². The van der Waals surface area contributed by atoms with Gasteiger partial charge in [0.15, 0.2) is 11.5 Å². The molecule has 28 heavy (non-hydrogen) atoms. The molecule has 2 aromatic rings. The van der Waals surface area contributed by atoms with E-state index in [0.29, 0.717) is 46.5 Å². The first-order valence-corrected chi connectivity index (χ1v) is 9.46. The van der Waals surface area contributed by atoms with Crippen LogP contribution in [0.2, 0.25) is 5.02 Å². The van der Waals surface area contributed by atoms with Crippen molar-refractivity contribution >= 4 is 35.2 Å². The molecule has 0 unspecified atom stereocenters. The smallest absolute Gasteiger partial charge is 0.253 e. The van der Waals surface area contributed by atoms with E-state index in [1.165, 1.54) is 6.08 Å². The van der Waals surface area contributed by atoms with Crippen molar-refractivity contribution in [2.75, 3.05) is 18.5 Å². The highest BCUT2D eigenvalue weighted by Crippen LogP contribution is 2.38. The van der Waals surface area contributed by atoms with Gasteiger partial charge in [0, 0.05) is 12.1 Å². The number of rotatable bonds is 5. The van der Waals surface area contributed by atoms with Gasteiger partial charge in [0.2, 0.25) is 5.91 Å². The summed E-state index contributed by atoms with van der Waals surface area (Å²) >= 11 is 6.21. The van der Waals surface area contributed by atoms with Gasteiger partial charge in [-0.05, 0) is 48.7 Å². The average Bonchev–Trinajstić information content (AvgIpc) is 3.51. The number of carbonyl (C=O) groups is 2. The van der Waals surface area contributed by atoms with Crippen molar-refractivity contribution in [3.63, 3.8) is 0 Å². The molecule has 1 aliphatic carbocycles. The highest BCUT2D eigenvalue weighted by Gasteiger charge is 2.25. The van der Waals surface area contributed by atoms with Crippen molar-refractivity contribution in [3.8, 4) is 11.5 Å². The summed E-state index contributed by atoms with van der Waals surface area (Å²) in [5.41, 5.74) is 1.62. The van der Waals surface area contributed by atoms with Crippen LogP contribution in [0.15, 0.2) is 42.5 Å². The third kappa shape index (κ3) is 4.28. The van der Waals surface area contributed by atoms with E-state index in [1.807, 2.05) is 0 Å². The molecule has 0 aromatic heterocycles. The van der Waals surface area contributed by atoms with Gasteiger partial charge in [-0.25, -0.2) is 0 Å². The summed E-state index contributed by atoms with van der Waals surface area (Å²) in [7, 11) is 0. The molecule has 7 heteroatoms. The predicted octanol–water partition coefficient (Wildman–Crippen LogP) is 3.66. The molecule has 6 nitrogen and oxygen atoms in total. The number of benzene rings is 2. The number of para-hydroxylation sites is 1. The van der Waals surface area contributed by atoms with Crippen molar-refractivity contribution in [1.82, 2.24) is 5.32 Å². The van der Waals surface area contributed by atoms with E-state index in [2.05, 4.69) is 10.6 Å². The molecule has 0 radical (unpaired) electrons. The minimum absolute atomic E-state index is 0.180. The molecule has 0 atom stereocenters. The van der Waals surface area contributed by atoms with E-state index >= 15 is 0 Å². The fourth-order valence-corrected chi connectivity index (χ4v) is 3.13. The molecule has 0 saturated heterocycles. The first kappa shape index (κ1) is 18.4. The Morgan fingerprint density at radius 2 is 1.89 bits per heavy atom. The lowest BCUT2D eigenvalue weighted by atomic mass is 10.1. The lowest BCUT2D eigenvalue weighted by molar-refractivity contribution is -0.111. The molecule has 0 bridgehead atoms. The van der Waals surface area contributed by atoms with Gasteiger partial charge < -0.3 is 20.1 Å². The molecular formula is C21H19ClN2O4. The Hall–Kier alpha value is -2.99. The lowest BCUT2D eigenvalue weighted by Crippen LogP contribution is -2.26. The van der Waals surface area contributed by atoms with Gasteiger partial charge in [-0.3, -0.25) is 9.59 Å². The lowest BCUT2D eigenvalue weighted by Gasteiger charge is -2.19. The van der Waals surface area contributed by atoms with E-state index in [1.54, 1.807) is 42.5 Å². The maximum atomic E-state index is 12.4. The van der Waals surface area contributed by atoms with Crippen LogP contribution in [-0.4, -0.2) is 31.1 Å². The molecular weight excluding hydrogens is 380 g/mol. The Labute approximate surface area is 167 Å². The summed E-state index contributed by atoms with van der Waals surface area (Å²) in [4.78, 5) is 24.7. The van der Waals surface area contributed by atoms with Crippen LogP contribution in [0.1, 0.15) is 28.8 Å². The second-order valence-electron chi connectivity index (χ2n) is 6.64. The third-order valence-electron chi connectivity index (χ3n) is 4.39. The summed E-state index contributed by atoms with van der Waals surface area (Å²) in [5, 5.41) is 6.11. The minimum Gasteiger partial charge on any atom is -0.486 e. The number of ether oxygens (including phenoxy) is 2. The number of nitrogens with one attached hydrogen (secondary N) is 2. The Morgan fingerprint density at radius 3 is 2.71 bits per heavy atom. The largest absolute Gasteiger partial charge is 0.486 e. The number of hydrogen-bond donors (Lipinski definition) is 2. The topological polar surface area (TPSA) is 76.7 Å². The van der Waals surface area contributed by atoms with Gasteiger partial charge in [-0.1, -0.05) is 23.7 Å². The van der Waals surface area contributed by atoms with E-state index in [-0.39, 0.29) is 17.9 Å². The van der Waals surface area contributed by atoms with E-state index in [9.17, 15) is 9.59 Å². The van der Waals surface area contributed by atoms with Gasteiger partial charge in [-0.15, -0.1) is 0 Å². The van der Waals surface area contributed by atoms with Crippen molar-refractivity contribution < 1.29 is 19.1 Å². The quantitative estimate of drug-likeness (QED) is 0.753. The van der Waals surface area contributed by atoms with E-state index < -0.39 is 0 Å². The molecule has 1 saturated carbocycles. The van der Waals surface area contributed by atoms with Crippen LogP contribution in [0.3, 0.4) is 0 Å². The molecule has 144 valence electrons. The monoisotopic (exact) mass is 398 g/mol. The summed E-state index contributed by atoms with van der Waals surface area (Å²) in [5.74, 6) is 0.546. The molecule has 1 heterocycles. The Kier molecular flexibility index (Phi) is 5.21. The Bertz CT molecular complexity index is 953. The molecule has 4 rings (SSSR count). The zero-order valence-electron chi connectivity index (χ0n) is 15.0. The molecule has 2 amide bonds. The number of carbonyl (C=O) groups excluding carboxylic acids is 2. The van der Waals surface area contributed by atoms with Crippen LogP contribution in [0.25, 0.3) is 6.08 Å². The zero-order chi connectivity index (χ0) is 19.5. The zero-order valence-corrected chi connectivity index (χ0v) is 15.8. The van der Waals surface area contributed by atoms with Crippen LogP contribution in [0.4, 0.5) is 5.69 Å². The molecule has 2 aromatic carbocycles. The second-order valence-corrected chi connectivity index (χ2v) is 7.05. The number of amides is 2. The van der Waals surface area contributed by atoms with Gasteiger partial charge in [0.05, 0.1) is 16.3 Å². The van der Waals surface area contributed by atoms with Crippen LogP contribution in [0.5, 0.6) is 11.5 Å². The fourth-order valence-electron chi connectivity index (χ4n) is 2.85. The standard InChI is InChI=1S/C21H19ClN2O4/c22-16-11-13(12-18-20(16)28-10-9-27-18)5-8-19(25)24-17-4-2-1-3-15(17)21(26)23-14-6-7-14/h1-5,8,11-12,14H,6-7,9-10H2,(H,23,26)(H,24,25)/b8-5+. The van der Waals surface area contributed by atoms with Crippen LogP contribution in [0, 0.1) is 0 Å². The summed E-state index contributed by atoms with van der Waals surface area (Å²) in [6, 6.07) is 10.7. The van der Waals surface area contributed by atoms with E-state index in [0.717, 1.165) is 12.8 Å². The van der Waals surface area contributed by atoms with Gasteiger partial charge >= 0.3 is 0 Å². The van der Waals surface area contributed by atoms with Gasteiger partial charge in [0.25, 0.3) is 5.91 Å². The van der Waals surface area contributed by atoms with Gasteiger partial charge in [0.1, 0.15) is 13.2 Å². The number of fused-ring (bicyclic) bond motifs is 1. The number of anilines is 1. The number of halogens is 1. The van der Waals surface area contributed by atoms with Crippen molar-refractivity contribution in [2.45, 2.75) is 18.9 Å². The average molecular weight is 399 g/mol. The van der Waals surface area contributed by atoms with Gasteiger partial charge in [-0.2, -0.15) is 0 Å². The summed E-state index contributed by atoms with van der Waals surface area (Å²) < 4.78 is 11.0.